The summed E-state index contributed by atoms with van der Waals surface area (Å²) in [6.07, 6.45) is 0.339. The third kappa shape index (κ3) is 3.32. The van der Waals surface area contributed by atoms with E-state index in [4.69, 9.17) is 0 Å². The summed E-state index contributed by atoms with van der Waals surface area (Å²) in [5.74, 6) is -2.91. The number of ether oxygens (including phenoxy) is 1. The number of benzene rings is 1. The van der Waals surface area contributed by atoms with Crippen molar-refractivity contribution >= 4 is 23.8 Å². The van der Waals surface area contributed by atoms with Gasteiger partial charge in [0.25, 0.3) is 5.91 Å². The number of esters is 1. The van der Waals surface area contributed by atoms with Crippen LogP contribution in [0.2, 0.25) is 0 Å². The normalized spacial score (nSPS) is 22.0. The summed E-state index contributed by atoms with van der Waals surface area (Å²) in [7, 11) is 1.09. The number of likely N-dealkylation sites (tertiary alicyclic amines) is 1. The Kier molecular flexibility index (Phi) is 5.35. The largest absolute Gasteiger partial charge is 0.462 e. The van der Waals surface area contributed by atoms with Gasteiger partial charge in [-0.05, 0) is 38.0 Å². The van der Waals surface area contributed by atoms with E-state index in [1.165, 1.54) is 21.9 Å². The number of nitrogens with zero attached hydrogens (tertiary/aromatic N) is 3. The van der Waals surface area contributed by atoms with Gasteiger partial charge in [-0.15, -0.1) is 0 Å². The molecule has 1 aromatic rings. The molecule has 2 aliphatic rings. The highest BCUT2D eigenvalue weighted by Gasteiger charge is 2.54. The Balaban J connectivity index is 1.96. The van der Waals surface area contributed by atoms with E-state index < -0.39 is 47.8 Å². The number of methoxy groups -OCH3 is 1. The van der Waals surface area contributed by atoms with Crippen LogP contribution >= 0.6 is 0 Å². The molecule has 0 radical (unpaired) electrons. The first kappa shape index (κ1) is 19.8. The zero-order valence-corrected chi connectivity index (χ0v) is 15.9. The molecule has 150 valence electrons. The first-order chi connectivity index (χ1) is 13.3. The van der Waals surface area contributed by atoms with E-state index >= 15 is 0 Å². The Morgan fingerprint density at radius 2 is 2.00 bits per heavy atom. The van der Waals surface area contributed by atoms with Gasteiger partial charge in [-0.1, -0.05) is 12.1 Å². The third-order valence-electron chi connectivity index (χ3n) is 5.09. The lowest BCUT2D eigenvalue weighted by Crippen LogP contribution is -2.67. The van der Waals surface area contributed by atoms with Crippen molar-refractivity contribution in [3.8, 4) is 0 Å². The summed E-state index contributed by atoms with van der Waals surface area (Å²) < 4.78 is 18.1. The van der Waals surface area contributed by atoms with E-state index in [0.717, 1.165) is 12.0 Å². The van der Waals surface area contributed by atoms with Crippen LogP contribution in [0, 0.1) is 5.82 Å². The van der Waals surface area contributed by atoms with Gasteiger partial charge in [0.05, 0.1) is 13.2 Å². The lowest BCUT2D eigenvalue weighted by Gasteiger charge is -2.44. The van der Waals surface area contributed by atoms with Crippen molar-refractivity contribution in [2.45, 2.75) is 44.9 Å². The summed E-state index contributed by atoms with van der Waals surface area (Å²) in [5, 5.41) is 0. The molecule has 0 N–H and O–H groups in total. The quantitative estimate of drug-likeness (QED) is 0.570. The Labute approximate surface area is 161 Å². The minimum atomic E-state index is -1.06. The summed E-state index contributed by atoms with van der Waals surface area (Å²) in [6.45, 7) is 3.62. The van der Waals surface area contributed by atoms with Gasteiger partial charge in [0.1, 0.15) is 11.9 Å². The predicted octanol–water partition coefficient (Wildman–Crippen LogP) is 1.14. The number of rotatable bonds is 3. The van der Waals surface area contributed by atoms with Crippen molar-refractivity contribution in [2.24, 2.45) is 0 Å². The van der Waals surface area contributed by atoms with Gasteiger partial charge in [-0.2, -0.15) is 0 Å². The molecule has 2 atom stereocenters. The standard InChI is InChI=1S/C19H22FN3O5/c1-11(2)23-16(24)15-14(7-8-21(15)17(25)18(26)28-3)22(19(23)27)10-12-5-4-6-13(20)9-12/h4-6,9,11,14-15H,7-8,10H2,1-3H3/t14-,15-/m1/s1. The molecule has 0 unspecified atom stereocenters. The van der Waals surface area contributed by atoms with Gasteiger partial charge in [0, 0.05) is 19.1 Å². The van der Waals surface area contributed by atoms with Gasteiger partial charge in [0.15, 0.2) is 0 Å². The van der Waals surface area contributed by atoms with E-state index in [2.05, 4.69) is 4.74 Å². The fourth-order valence-electron chi connectivity index (χ4n) is 3.84. The Hall–Kier alpha value is -2.97. The van der Waals surface area contributed by atoms with Crippen LogP contribution in [-0.2, 0) is 25.7 Å². The van der Waals surface area contributed by atoms with Crippen LogP contribution in [0.5, 0.6) is 0 Å². The van der Waals surface area contributed by atoms with E-state index in [9.17, 15) is 23.6 Å². The molecule has 4 amide bonds. The summed E-state index contributed by atoms with van der Waals surface area (Å²) in [5.41, 5.74) is 0.572. The van der Waals surface area contributed by atoms with Gasteiger partial charge >= 0.3 is 17.9 Å². The van der Waals surface area contributed by atoms with Gasteiger partial charge in [0.2, 0.25) is 0 Å². The van der Waals surface area contributed by atoms with Crippen molar-refractivity contribution in [3.63, 3.8) is 0 Å². The Morgan fingerprint density at radius 3 is 2.61 bits per heavy atom. The molecule has 2 saturated heterocycles. The average Bonchev–Trinajstić information content (AvgIpc) is 3.09. The zero-order chi connectivity index (χ0) is 20.6. The SMILES string of the molecule is COC(=O)C(=O)N1CC[C@@H]2[C@@H]1C(=O)N(C(C)C)C(=O)N2Cc1cccc(F)c1. The van der Waals surface area contributed by atoms with Gasteiger partial charge < -0.3 is 14.5 Å². The number of fused-ring (bicyclic) bond motifs is 1. The molecule has 1 aromatic carbocycles. The second-order valence-electron chi connectivity index (χ2n) is 7.13. The molecule has 9 heteroatoms. The van der Waals surface area contributed by atoms with Gasteiger partial charge in [-0.3, -0.25) is 14.5 Å². The van der Waals surface area contributed by atoms with Crippen LogP contribution in [0.4, 0.5) is 9.18 Å². The van der Waals surface area contributed by atoms with E-state index in [-0.39, 0.29) is 13.1 Å². The summed E-state index contributed by atoms with van der Waals surface area (Å²) >= 11 is 0. The lowest BCUT2D eigenvalue weighted by atomic mass is 10.0. The van der Waals surface area contributed by atoms with Crippen molar-refractivity contribution in [1.29, 1.82) is 0 Å². The maximum absolute atomic E-state index is 13.6. The molecule has 0 saturated carbocycles. The van der Waals surface area contributed by atoms with Crippen LogP contribution in [0.25, 0.3) is 0 Å². The van der Waals surface area contributed by atoms with Crippen molar-refractivity contribution in [2.75, 3.05) is 13.7 Å². The molecule has 0 aliphatic carbocycles. The highest BCUT2D eigenvalue weighted by Crippen LogP contribution is 2.32. The van der Waals surface area contributed by atoms with Crippen molar-refractivity contribution < 1.29 is 28.3 Å². The minimum Gasteiger partial charge on any atom is -0.462 e. The topological polar surface area (TPSA) is 87.2 Å². The first-order valence-electron chi connectivity index (χ1n) is 9.03. The number of hydrogen-bond acceptors (Lipinski definition) is 5. The highest BCUT2D eigenvalue weighted by atomic mass is 19.1. The first-order valence-corrected chi connectivity index (χ1v) is 9.03. The molecular formula is C19H22FN3O5. The maximum Gasteiger partial charge on any atom is 0.396 e. The predicted molar refractivity (Wildman–Crippen MR) is 95.2 cm³/mol. The van der Waals surface area contributed by atoms with Crippen molar-refractivity contribution in [1.82, 2.24) is 14.7 Å². The van der Waals surface area contributed by atoms with Crippen LogP contribution in [-0.4, -0.2) is 70.3 Å². The van der Waals surface area contributed by atoms with E-state index in [1.54, 1.807) is 26.0 Å². The average molecular weight is 391 g/mol. The van der Waals surface area contributed by atoms with Gasteiger partial charge in [-0.25, -0.2) is 14.0 Å². The van der Waals surface area contributed by atoms with Crippen LogP contribution in [0.3, 0.4) is 0 Å². The number of urea groups is 1. The molecule has 28 heavy (non-hydrogen) atoms. The smallest absolute Gasteiger partial charge is 0.396 e. The lowest BCUT2D eigenvalue weighted by molar-refractivity contribution is -0.161. The number of imide groups is 1. The molecule has 2 fully saturated rings. The van der Waals surface area contributed by atoms with Crippen LogP contribution < -0.4 is 0 Å². The number of carbonyl (C=O) groups is 4. The number of amides is 4. The molecule has 8 nitrogen and oxygen atoms in total. The Morgan fingerprint density at radius 1 is 1.29 bits per heavy atom. The highest BCUT2D eigenvalue weighted by molar-refractivity contribution is 6.33. The zero-order valence-electron chi connectivity index (χ0n) is 15.9. The molecule has 3 rings (SSSR count). The molecule has 0 bridgehead atoms. The molecule has 0 aromatic heterocycles. The van der Waals surface area contributed by atoms with Crippen molar-refractivity contribution in [3.05, 3.63) is 35.6 Å². The fourth-order valence-corrected chi connectivity index (χ4v) is 3.84. The number of hydrogen-bond donors (Lipinski definition) is 0. The minimum absolute atomic E-state index is 0.0918. The molecular weight excluding hydrogens is 369 g/mol. The van der Waals surface area contributed by atoms with Crippen LogP contribution in [0.15, 0.2) is 24.3 Å². The molecule has 2 heterocycles. The Bertz CT molecular complexity index is 828. The summed E-state index contributed by atoms with van der Waals surface area (Å²) in [4.78, 5) is 53.8. The second-order valence-corrected chi connectivity index (χ2v) is 7.13. The number of carbonyl (C=O) groups excluding carboxylic acids is 4. The van der Waals surface area contributed by atoms with Crippen LogP contribution in [0.1, 0.15) is 25.8 Å². The molecule has 2 aliphatic heterocycles. The second kappa shape index (κ2) is 7.57. The number of halogens is 1. The fraction of sp³-hybridized carbons (Fsp3) is 0.474. The van der Waals surface area contributed by atoms with E-state index in [1.807, 2.05) is 0 Å². The van der Waals surface area contributed by atoms with E-state index in [0.29, 0.717) is 12.0 Å². The summed E-state index contributed by atoms with van der Waals surface area (Å²) in [6, 6.07) is 3.37. The third-order valence-corrected chi connectivity index (χ3v) is 5.09. The monoisotopic (exact) mass is 391 g/mol. The molecule has 0 spiro atoms. The maximum atomic E-state index is 13.6.